The van der Waals surface area contributed by atoms with Gasteiger partial charge in [0, 0.05) is 10.7 Å². The molecule has 0 radical (unpaired) electrons. The molecule has 0 fully saturated rings. The molecule has 0 saturated carbocycles. The standard InChI is InChI=1S/C14H14BrN/c15-13-9-5-11-16-14(13)10-4-8-12-6-2-1-3-7-12/h1-3,5-7,9,11H,4,8,10H2. The molecule has 1 aromatic carbocycles. The molecular formula is C14H14BrN. The Balaban J connectivity index is 1.87. The number of rotatable bonds is 4. The topological polar surface area (TPSA) is 12.9 Å². The summed E-state index contributed by atoms with van der Waals surface area (Å²) >= 11 is 3.52. The maximum atomic E-state index is 4.36. The van der Waals surface area contributed by atoms with Gasteiger partial charge in [0.05, 0.1) is 5.69 Å². The molecule has 0 unspecified atom stereocenters. The van der Waals surface area contributed by atoms with E-state index < -0.39 is 0 Å². The van der Waals surface area contributed by atoms with E-state index >= 15 is 0 Å². The van der Waals surface area contributed by atoms with Gasteiger partial charge in [-0.1, -0.05) is 30.3 Å². The van der Waals surface area contributed by atoms with E-state index in [1.807, 2.05) is 18.3 Å². The number of pyridine rings is 1. The van der Waals surface area contributed by atoms with Crippen LogP contribution in [0.15, 0.2) is 53.1 Å². The molecule has 2 heteroatoms. The van der Waals surface area contributed by atoms with Gasteiger partial charge in [-0.2, -0.15) is 0 Å². The van der Waals surface area contributed by atoms with Crippen LogP contribution in [-0.4, -0.2) is 4.98 Å². The Kier molecular flexibility index (Phi) is 4.11. The van der Waals surface area contributed by atoms with Gasteiger partial charge in [0.15, 0.2) is 0 Å². The fraction of sp³-hybridized carbons (Fsp3) is 0.214. The highest BCUT2D eigenvalue weighted by molar-refractivity contribution is 9.10. The van der Waals surface area contributed by atoms with Gasteiger partial charge in [-0.15, -0.1) is 0 Å². The zero-order chi connectivity index (χ0) is 11.2. The van der Waals surface area contributed by atoms with Crippen molar-refractivity contribution in [2.24, 2.45) is 0 Å². The second kappa shape index (κ2) is 5.80. The molecular weight excluding hydrogens is 262 g/mol. The maximum absolute atomic E-state index is 4.36. The highest BCUT2D eigenvalue weighted by Crippen LogP contribution is 2.15. The largest absolute Gasteiger partial charge is 0.260 e. The zero-order valence-electron chi connectivity index (χ0n) is 9.07. The third-order valence-electron chi connectivity index (χ3n) is 2.56. The fourth-order valence-corrected chi connectivity index (χ4v) is 2.16. The minimum atomic E-state index is 1.02. The average molecular weight is 276 g/mol. The Morgan fingerprint density at radius 3 is 2.50 bits per heavy atom. The number of aromatic nitrogens is 1. The van der Waals surface area contributed by atoms with Gasteiger partial charge in [-0.25, -0.2) is 0 Å². The fourth-order valence-electron chi connectivity index (χ4n) is 1.71. The van der Waals surface area contributed by atoms with Crippen molar-refractivity contribution in [2.75, 3.05) is 0 Å². The van der Waals surface area contributed by atoms with Gasteiger partial charge in [-0.05, 0) is 52.9 Å². The maximum Gasteiger partial charge on any atom is 0.0545 e. The summed E-state index contributed by atoms with van der Waals surface area (Å²) in [5.74, 6) is 0. The second-order valence-corrected chi connectivity index (χ2v) is 4.63. The summed E-state index contributed by atoms with van der Waals surface area (Å²) in [6.45, 7) is 0. The number of benzene rings is 1. The Bertz CT molecular complexity index is 439. The van der Waals surface area contributed by atoms with Crippen LogP contribution >= 0.6 is 15.9 Å². The number of hydrogen-bond donors (Lipinski definition) is 0. The summed E-state index contributed by atoms with van der Waals surface area (Å²) in [6, 6.07) is 14.6. The molecule has 0 spiro atoms. The quantitative estimate of drug-likeness (QED) is 0.822. The third-order valence-corrected chi connectivity index (χ3v) is 3.28. The van der Waals surface area contributed by atoms with Crippen LogP contribution in [0.25, 0.3) is 0 Å². The summed E-state index contributed by atoms with van der Waals surface area (Å²) in [5.41, 5.74) is 2.55. The van der Waals surface area contributed by atoms with Crippen molar-refractivity contribution >= 4 is 15.9 Å². The zero-order valence-corrected chi connectivity index (χ0v) is 10.7. The van der Waals surface area contributed by atoms with Gasteiger partial charge in [0.2, 0.25) is 0 Å². The number of nitrogens with zero attached hydrogens (tertiary/aromatic N) is 1. The minimum Gasteiger partial charge on any atom is -0.260 e. The second-order valence-electron chi connectivity index (χ2n) is 3.77. The Hall–Kier alpha value is -1.15. The van der Waals surface area contributed by atoms with Crippen molar-refractivity contribution in [3.63, 3.8) is 0 Å². The van der Waals surface area contributed by atoms with E-state index in [2.05, 4.69) is 51.2 Å². The van der Waals surface area contributed by atoms with E-state index in [1.165, 1.54) is 5.56 Å². The van der Waals surface area contributed by atoms with E-state index in [-0.39, 0.29) is 0 Å². The van der Waals surface area contributed by atoms with Crippen LogP contribution < -0.4 is 0 Å². The molecule has 0 amide bonds. The molecule has 0 aliphatic heterocycles. The SMILES string of the molecule is Brc1cccnc1CCCc1ccccc1. The van der Waals surface area contributed by atoms with Gasteiger partial charge in [0.1, 0.15) is 0 Å². The molecule has 0 aliphatic carbocycles. The summed E-state index contributed by atoms with van der Waals surface area (Å²) in [4.78, 5) is 4.36. The lowest BCUT2D eigenvalue weighted by Crippen LogP contribution is -1.93. The smallest absolute Gasteiger partial charge is 0.0545 e. The molecule has 0 atom stereocenters. The lowest BCUT2D eigenvalue weighted by Gasteiger charge is -2.03. The van der Waals surface area contributed by atoms with Crippen molar-refractivity contribution in [1.29, 1.82) is 0 Å². The van der Waals surface area contributed by atoms with E-state index in [0.717, 1.165) is 29.4 Å². The first-order valence-corrected chi connectivity index (χ1v) is 6.29. The van der Waals surface area contributed by atoms with Crippen molar-refractivity contribution in [1.82, 2.24) is 4.98 Å². The molecule has 82 valence electrons. The summed E-state index contributed by atoms with van der Waals surface area (Å²) in [7, 11) is 0. The Morgan fingerprint density at radius 2 is 1.75 bits per heavy atom. The van der Waals surface area contributed by atoms with Gasteiger partial charge in [0.25, 0.3) is 0 Å². The first-order chi connectivity index (χ1) is 7.86. The first kappa shape index (κ1) is 11.3. The van der Waals surface area contributed by atoms with Crippen LogP contribution in [0.2, 0.25) is 0 Å². The molecule has 0 aliphatic rings. The number of aryl methyl sites for hydroxylation is 2. The molecule has 2 rings (SSSR count). The van der Waals surface area contributed by atoms with E-state index in [4.69, 9.17) is 0 Å². The first-order valence-electron chi connectivity index (χ1n) is 5.49. The van der Waals surface area contributed by atoms with Crippen LogP contribution in [0, 0.1) is 0 Å². The highest BCUT2D eigenvalue weighted by atomic mass is 79.9. The predicted octanol–water partition coefficient (Wildman–Crippen LogP) is 4.02. The van der Waals surface area contributed by atoms with E-state index in [9.17, 15) is 0 Å². The van der Waals surface area contributed by atoms with Gasteiger partial charge in [-0.3, -0.25) is 4.98 Å². The minimum absolute atomic E-state index is 1.02. The molecule has 2 aromatic rings. The summed E-state index contributed by atoms with van der Waals surface area (Å²) < 4.78 is 1.11. The summed E-state index contributed by atoms with van der Waals surface area (Å²) in [5, 5.41) is 0. The van der Waals surface area contributed by atoms with Crippen LogP contribution in [0.3, 0.4) is 0 Å². The van der Waals surface area contributed by atoms with Gasteiger partial charge >= 0.3 is 0 Å². The predicted molar refractivity (Wildman–Crippen MR) is 70.4 cm³/mol. The molecule has 1 nitrogen and oxygen atoms in total. The van der Waals surface area contributed by atoms with Crippen LogP contribution in [0.5, 0.6) is 0 Å². The summed E-state index contributed by atoms with van der Waals surface area (Å²) in [6.07, 6.45) is 5.13. The third kappa shape index (κ3) is 3.17. The van der Waals surface area contributed by atoms with Crippen molar-refractivity contribution in [2.45, 2.75) is 19.3 Å². The lowest BCUT2D eigenvalue weighted by atomic mass is 10.1. The number of hydrogen-bond acceptors (Lipinski definition) is 1. The van der Waals surface area contributed by atoms with Crippen LogP contribution in [0.1, 0.15) is 17.7 Å². The molecule has 16 heavy (non-hydrogen) atoms. The van der Waals surface area contributed by atoms with Gasteiger partial charge < -0.3 is 0 Å². The van der Waals surface area contributed by atoms with Crippen molar-refractivity contribution < 1.29 is 0 Å². The molecule has 0 N–H and O–H groups in total. The van der Waals surface area contributed by atoms with Crippen molar-refractivity contribution in [3.8, 4) is 0 Å². The molecule has 1 heterocycles. The van der Waals surface area contributed by atoms with E-state index in [0.29, 0.717) is 0 Å². The highest BCUT2D eigenvalue weighted by Gasteiger charge is 2.00. The Labute approximate surface area is 105 Å². The lowest BCUT2D eigenvalue weighted by molar-refractivity contribution is 0.795. The van der Waals surface area contributed by atoms with Crippen LogP contribution in [-0.2, 0) is 12.8 Å². The molecule has 0 bridgehead atoms. The average Bonchev–Trinajstić information content (AvgIpc) is 2.33. The van der Waals surface area contributed by atoms with Crippen LogP contribution in [0.4, 0.5) is 0 Å². The van der Waals surface area contributed by atoms with E-state index in [1.54, 1.807) is 0 Å². The Morgan fingerprint density at radius 1 is 0.938 bits per heavy atom. The monoisotopic (exact) mass is 275 g/mol. The van der Waals surface area contributed by atoms with Crippen molar-refractivity contribution in [3.05, 3.63) is 64.4 Å². The molecule has 0 saturated heterocycles. The number of halogens is 1. The molecule has 1 aromatic heterocycles. The normalized spacial score (nSPS) is 10.3.